The largest absolute Gasteiger partial charge is 0.360 e. The lowest BCUT2D eigenvalue weighted by Crippen LogP contribution is -2.30. The van der Waals surface area contributed by atoms with Crippen LogP contribution in [-0.4, -0.2) is 24.4 Å². The normalized spacial score (nSPS) is 10.0. The molecule has 1 N–H and O–H groups in total. The van der Waals surface area contributed by atoms with Crippen LogP contribution in [0.4, 0.5) is 17.1 Å². The Labute approximate surface area is 153 Å². The van der Waals surface area contributed by atoms with E-state index >= 15 is 0 Å². The average Bonchev–Trinajstić information content (AvgIpc) is 2.57. The van der Waals surface area contributed by atoms with Crippen LogP contribution >= 0.6 is 23.2 Å². The number of likely N-dealkylation sites (N-methyl/N-ethyl adjacent to an activating group) is 1. The van der Waals surface area contributed by atoms with E-state index < -0.39 is 4.92 Å². The van der Waals surface area contributed by atoms with Gasteiger partial charge in [-0.25, -0.2) is 0 Å². The third kappa shape index (κ3) is 4.59. The summed E-state index contributed by atoms with van der Waals surface area (Å²) in [4.78, 5) is 24.2. The van der Waals surface area contributed by atoms with Gasteiger partial charge in [-0.1, -0.05) is 23.2 Å². The summed E-state index contributed by atoms with van der Waals surface area (Å²) in [6.45, 7) is -0.132. The maximum Gasteiger partial charge on any atom is 0.293 e. The molecule has 0 saturated heterocycles. The fraction of sp³-hybridized carbons (Fsp3) is 0.125. The number of hydrogen-bond acceptors (Lipinski definition) is 5. The molecule has 0 aromatic heterocycles. The minimum atomic E-state index is -0.594. The van der Waals surface area contributed by atoms with E-state index in [1.807, 2.05) is 6.07 Å². The second-order valence-corrected chi connectivity index (χ2v) is 5.92. The summed E-state index contributed by atoms with van der Waals surface area (Å²) in [6, 6.07) is 10.6. The maximum absolute atomic E-state index is 12.1. The molecule has 0 saturated carbocycles. The van der Waals surface area contributed by atoms with E-state index in [4.69, 9.17) is 28.5 Å². The van der Waals surface area contributed by atoms with Crippen LogP contribution in [0.15, 0.2) is 36.4 Å². The zero-order chi connectivity index (χ0) is 18.6. The summed E-state index contributed by atoms with van der Waals surface area (Å²) in [5.74, 6) is -0.389. The number of hydrogen-bond donors (Lipinski definition) is 1. The number of anilines is 2. The third-order valence-corrected chi connectivity index (χ3v) is 4.04. The number of carbonyl (C=O) groups excluding carboxylic acids is 1. The van der Waals surface area contributed by atoms with Crippen LogP contribution in [0.2, 0.25) is 10.0 Å². The highest BCUT2D eigenvalue weighted by Crippen LogP contribution is 2.28. The van der Waals surface area contributed by atoms with Gasteiger partial charge in [-0.15, -0.1) is 0 Å². The highest BCUT2D eigenvalue weighted by Gasteiger charge is 2.19. The molecule has 7 nitrogen and oxygen atoms in total. The van der Waals surface area contributed by atoms with E-state index in [0.29, 0.717) is 15.7 Å². The minimum absolute atomic E-state index is 0.132. The van der Waals surface area contributed by atoms with E-state index in [-0.39, 0.29) is 29.4 Å². The number of nitrogens with zero attached hydrogens (tertiary/aromatic N) is 3. The van der Waals surface area contributed by atoms with Crippen LogP contribution in [0.1, 0.15) is 5.56 Å². The second kappa shape index (κ2) is 7.83. The van der Waals surface area contributed by atoms with Crippen molar-refractivity contribution in [1.82, 2.24) is 0 Å². The van der Waals surface area contributed by atoms with Gasteiger partial charge in [-0.3, -0.25) is 14.9 Å². The predicted molar refractivity (Wildman–Crippen MR) is 96.2 cm³/mol. The molecule has 0 aliphatic heterocycles. The fourth-order valence-electron chi connectivity index (χ4n) is 2.14. The first-order valence-electron chi connectivity index (χ1n) is 6.96. The Morgan fingerprint density at radius 3 is 2.60 bits per heavy atom. The molecule has 9 heteroatoms. The molecule has 2 aromatic carbocycles. The van der Waals surface area contributed by atoms with Gasteiger partial charge in [0.25, 0.3) is 5.69 Å². The quantitative estimate of drug-likeness (QED) is 0.628. The zero-order valence-electron chi connectivity index (χ0n) is 13.0. The van der Waals surface area contributed by atoms with E-state index in [1.165, 1.54) is 29.2 Å². The maximum atomic E-state index is 12.1. The Morgan fingerprint density at radius 2 is 2.00 bits per heavy atom. The zero-order valence-corrected chi connectivity index (χ0v) is 14.5. The Morgan fingerprint density at radius 1 is 1.28 bits per heavy atom. The number of nitro groups is 1. The number of benzene rings is 2. The summed E-state index contributed by atoms with van der Waals surface area (Å²) < 4.78 is 0. The SMILES string of the molecule is CN(CC(=O)Nc1ccc(Cl)c(Cl)c1)c1ccc(C#N)cc1[N+](=O)[O-]. The average molecular weight is 379 g/mol. The van der Waals surface area contributed by atoms with Gasteiger partial charge in [0, 0.05) is 18.8 Å². The Bertz CT molecular complexity index is 880. The van der Waals surface area contributed by atoms with Gasteiger partial charge < -0.3 is 10.2 Å². The number of halogens is 2. The first kappa shape index (κ1) is 18.5. The molecular weight excluding hydrogens is 367 g/mol. The molecule has 0 heterocycles. The smallest absolute Gasteiger partial charge is 0.293 e. The van der Waals surface area contributed by atoms with Crippen LogP contribution in [0, 0.1) is 21.4 Å². The first-order chi connectivity index (χ1) is 11.8. The lowest BCUT2D eigenvalue weighted by Gasteiger charge is -2.19. The number of nitriles is 1. The Hall–Kier alpha value is -2.82. The Balaban J connectivity index is 2.14. The molecule has 128 valence electrons. The highest BCUT2D eigenvalue weighted by atomic mass is 35.5. The van der Waals surface area contributed by atoms with Crippen molar-refractivity contribution in [2.45, 2.75) is 0 Å². The first-order valence-corrected chi connectivity index (χ1v) is 7.72. The van der Waals surface area contributed by atoms with Gasteiger partial charge in [0.15, 0.2) is 0 Å². The molecule has 0 unspecified atom stereocenters. The van der Waals surface area contributed by atoms with Crippen molar-refractivity contribution in [2.24, 2.45) is 0 Å². The van der Waals surface area contributed by atoms with E-state index in [9.17, 15) is 14.9 Å². The van der Waals surface area contributed by atoms with Gasteiger partial charge in [0.2, 0.25) is 5.91 Å². The molecule has 0 bridgehead atoms. The van der Waals surface area contributed by atoms with Crippen molar-refractivity contribution < 1.29 is 9.72 Å². The summed E-state index contributed by atoms with van der Waals surface area (Å²) in [5, 5.41) is 23.3. The summed E-state index contributed by atoms with van der Waals surface area (Å²) in [5.41, 5.74) is 0.614. The molecule has 0 radical (unpaired) electrons. The highest BCUT2D eigenvalue weighted by molar-refractivity contribution is 6.42. The van der Waals surface area contributed by atoms with Crippen LogP contribution in [0.3, 0.4) is 0 Å². The number of carbonyl (C=O) groups is 1. The van der Waals surface area contributed by atoms with E-state index in [2.05, 4.69) is 5.32 Å². The fourth-order valence-corrected chi connectivity index (χ4v) is 2.44. The van der Waals surface area contributed by atoms with E-state index in [0.717, 1.165) is 0 Å². The van der Waals surface area contributed by atoms with Crippen molar-refractivity contribution in [1.29, 1.82) is 5.26 Å². The van der Waals surface area contributed by atoms with Gasteiger partial charge >= 0.3 is 0 Å². The monoisotopic (exact) mass is 378 g/mol. The van der Waals surface area contributed by atoms with Gasteiger partial charge in [0.05, 0.1) is 33.1 Å². The van der Waals surface area contributed by atoms with Crippen LogP contribution in [0.25, 0.3) is 0 Å². The summed E-state index contributed by atoms with van der Waals surface area (Å²) in [7, 11) is 1.54. The minimum Gasteiger partial charge on any atom is -0.360 e. The molecule has 25 heavy (non-hydrogen) atoms. The van der Waals surface area contributed by atoms with Crippen molar-refractivity contribution in [3.63, 3.8) is 0 Å². The second-order valence-electron chi connectivity index (χ2n) is 5.11. The van der Waals surface area contributed by atoms with Crippen molar-refractivity contribution >= 4 is 46.2 Å². The van der Waals surface area contributed by atoms with Gasteiger partial charge in [0.1, 0.15) is 5.69 Å². The molecule has 2 aromatic rings. The molecule has 0 spiro atoms. The van der Waals surface area contributed by atoms with Gasteiger partial charge in [-0.05, 0) is 30.3 Å². The molecule has 1 amide bonds. The van der Waals surface area contributed by atoms with E-state index in [1.54, 1.807) is 19.2 Å². The Kier molecular flexibility index (Phi) is 5.80. The molecule has 0 aliphatic carbocycles. The van der Waals surface area contributed by atoms with Crippen LogP contribution in [-0.2, 0) is 4.79 Å². The number of rotatable bonds is 5. The number of amides is 1. The van der Waals surface area contributed by atoms with Crippen molar-refractivity contribution in [3.8, 4) is 6.07 Å². The summed E-state index contributed by atoms with van der Waals surface area (Å²) >= 11 is 11.7. The molecule has 0 fully saturated rings. The molecule has 0 atom stereocenters. The third-order valence-electron chi connectivity index (χ3n) is 3.30. The molecular formula is C16H12Cl2N4O3. The van der Waals surface area contributed by atoms with Gasteiger partial charge in [-0.2, -0.15) is 5.26 Å². The number of nitrogens with one attached hydrogen (secondary N) is 1. The molecule has 2 rings (SSSR count). The summed E-state index contributed by atoms with van der Waals surface area (Å²) in [6.07, 6.45) is 0. The lowest BCUT2D eigenvalue weighted by atomic mass is 10.1. The van der Waals surface area contributed by atoms with Crippen LogP contribution < -0.4 is 10.2 Å². The standard InChI is InChI=1S/C16H12Cl2N4O3/c1-21(14-5-2-10(8-19)6-15(14)22(24)25)9-16(23)20-11-3-4-12(17)13(18)7-11/h2-7H,9H2,1H3,(H,20,23). The topological polar surface area (TPSA) is 99.3 Å². The van der Waals surface area contributed by atoms with Crippen molar-refractivity contribution in [2.75, 3.05) is 23.8 Å². The lowest BCUT2D eigenvalue weighted by molar-refractivity contribution is -0.384. The predicted octanol–water partition coefficient (Wildman–Crippen LogP) is 3.85. The van der Waals surface area contributed by atoms with Crippen molar-refractivity contribution in [3.05, 3.63) is 62.1 Å². The molecule has 0 aliphatic rings. The number of nitro benzene ring substituents is 1. The van der Waals surface area contributed by atoms with Crippen LogP contribution in [0.5, 0.6) is 0 Å².